The molecule has 5 nitrogen and oxygen atoms in total. The number of rotatable bonds is 8. The fourth-order valence-corrected chi connectivity index (χ4v) is 3.53. The molecule has 1 N–H and O–H groups in total. The monoisotopic (exact) mass is 394 g/mol. The molecule has 0 aliphatic carbocycles. The Bertz CT molecular complexity index is 820. The van der Waals surface area contributed by atoms with Gasteiger partial charge in [0, 0.05) is 25.1 Å². The van der Waals surface area contributed by atoms with Crippen molar-refractivity contribution in [2.45, 2.75) is 45.7 Å². The fourth-order valence-electron chi connectivity index (χ4n) is 3.53. The summed E-state index contributed by atoms with van der Waals surface area (Å²) in [6, 6.07) is 16.7. The van der Waals surface area contributed by atoms with Crippen molar-refractivity contribution in [1.82, 2.24) is 10.2 Å². The highest BCUT2D eigenvalue weighted by Gasteiger charge is 2.32. The quantitative estimate of drug-likeness (QED) is 0.734. The number of likely N-dealkylation sites (tertiary alicyclic amines) is 1. The van der Waals surface area contributed by atoms with E-state index in [4.69, 9.17) is 4.74 Å². The highest BCUT2D eigenvalue weighted by Crippen LogP contribution is 2.26. The normalized spacial score (nSPS) is 15.3. The van der Waals surface area contributed by atoms with Crippen LogP contribution in [-0.4, -0.2) is 29.9 Å². The van der Waals surface area contributed by atoms with Crippen molar-refractivity contribution in [3.63, 3.8) is 0 Å². The molecule has 2 amide bonds. The SMILES string of the molecule is CC(C)COc1ccccc1CNC(=O)C(c1ccccc1)N1CCCCC1=O. The van der Waals surface area contributed by atoms with Gasteiger partial charge in [0.25, 0.3) is 0 Å². The number of hydrogen-bond acceptors (Lipinski definition) is 3. The van der Waals surface area contributed by atoms with E-state index in [1.807, 2.05) is 54.6 Å². The molecule has 29 heavy (non-hydrogen) atoms. The van der Waals surface area contributed by atoms with E-state index in [1.54, 1.807) is 4.90 Å². The zero-order valence-electron chi connectivity index (χ0n) is 17.3. The summed E-state index contributed by atoms with van der Waals surface area (Å²) in [5.41, 5.74) is 1.77. The van der Waals surface area contributed by atoms with E-state index in [0.717, 1.165) is 29.7 Å². The molecule has 154 valence electrons. The maximum atomic E-state index is 13.2. The van der Waals surface area contributed by atoms with Crippen molar-refractivity contribution in [3.05, 3.63) is 65.7 Å². The molecule has 1 aliphatic heterocycles. The van der Waals surface area contributed by atoms with Crippen LogP contribution in [0.5, 0.6) is 5.75 Å². The molecule has 1 aliphatic rings. The molecule has 2 aromatic carbocycles. The molecule has 0 aromatic heterocycles. The van der Waals surface area contributed by atoms with Gasteiger partial charge in [-0.15, -0.1) is 0 Å². The van der Waals surface area contributed by atoms with Crippen LogP contribution in [0.1, 0.15) is 50.3 Å². The van der Waals surface area contributed by atoms with Crippen LogP contribution in [0.2, 0.25) is 0 Å². The molecule has 1 atom stereocenters. The second-order valence-corrected chi connectivity index (χ2v) is 7.89. The summed E-state index contributed by atoms with van der Waals surface area (Å²) in [6.07, 6.45) is 2.32. The first-order valence-corrected chi connectivity index (χ1v) is 10.4. The number of carbonyl (C=O) groups is 2. The zero-order chi connectivity index (χ0) is 20.6. The minimum atomic E-state index is -0.604. The van der Waals surface area contributed by atoms with Gasteiger partial charge < -0.3 is 15.0 Å². The third-order valence-corrected chi connectivity index (χ3v) is 5.03. The number of piperidine rings is 1. The minimum Gasteiger partial charge on any atom is -0.493 e. The molecule has 0 radical (unpaired) electrons. The summed E-state index contributed by atoms with van der Waals surface area (Å²) in [6.45, 7) is 5.80. The number of amides is 2. The van der Waals surface area contributed by atoms with E-state index in [0.29, 0.717) is 32.0 Å². The summed E-state index contributed by atoms with van der Waals surface area (Å²) in [4.78, 5) is 27.4. The summed E-state index contributed by atoms with van der Waals surface area (Å²) in [5, 5.41) is 3.03. The van der Waals surface area contributed by atoms with Gasteiger partial charge >= 0.3 is 0 Å². The van der Waals surface area contributed by atoms with Crippen LogP contribution >= 0.6 is 0 Å². The van der Waals surface area contributed by atoms with E-state index in [1.165, 1.54) is 0 Å². The van der Waals surface area contributed by atoms with Crippen molar-refractivity contribution in [2.75, 3.05) is 13.2 Å². The van der Waals surface area contributed by atoms with Gasteiger partial charge in [0.15, 0.2) is 0 Å². The van der Waals surface area contributed by atoms with Gasteiger partial charge in [0.1, 0.15) is 11.8 Å². The molecule has 2 aromatic rings. The number of hydrogen-bond donors (Lipinski definition) is 1. The Morgan fingerprint density at radius 1 is 1.07 bits per heavy atom. The van der Waals surface area contributed by atoms with Gasteiger partial charge in [0.2, 0.25) is 11.8 Å². The van der Waals surface area contributed by atoms with Crippen molar-refractivity contribution in [2.24, 2.45) is 5.92 Å². The molecule has 0 bridgehead atoms. The lowest BCUT2D eigenvalue weighted by Gasteiger charge is -2.34. The smallest absolute Gasteiger partial charge is 0.247 e. The van der Waals surface area contributed by atoms with E-state index in [2.05, 4.69) is 19.2 Å². The average molecular weight is 395 g/mol. The lowest BCUT2D eigenvalue weighted by atomic mass is 10.0. The molecule has 1 fully saturated rings. The summed E-state index contributed by atoms with van der Waals surface area (Å²) < 4.78 is 5.89. The zero-order valence-corrected chi connectivity index (χ0v) is 17.3. The lowest BCUT2D eigenvalue weighted by molar-refractivity contribution is -0.142. The van der Waals surface area contributed by atoms with E-state index in [9.17, 15) is 9.59 Å². The van der Waals surface area contributed by atoms with Crippen LogP contribution in [0.15, 0.2) is 54.6 Å². The number of ether oxygens (including phenoxy) is 1. The molecule has 3 rings (SSSR count). The number of carbonyl (C=O) groups excluding carboxylic acids is 2. The Hall–Kier alpha value is -2.82. The topological polar surface area (TPSA) is 58.6 Å². The number of nitrogens with zero attached hydrogens (tertiary/aromatic N) is 1. The Kier molecular flexibility index (Phi) is 7.28. The Labute approximate surface area is 173 Å². The predicted molar refractivity (Wildman–Crippen MR) is 113 cm³/mol. The van der Waals surface area contributed by atoms with Crippen molar-refractivity contribution in [1.29, 1.82) is 0 Å². The number of benzene rings is 2. The Morgan fingerprint density at radius 3 is 2.52 bits per heavy atom. The molecule has 1 saturated heterocycles. The van der Waals surface area contributed by atoms with Crippen molar-refractivity contribution >= 4 is 11.8 Å². The van der Waals surface area contributed by atoms with Crippen LogP contribution in [0.3, 0.4) is 0 Å². The molecular weight excluding hydrogens is 364 g/mol. The first kappa shape index (κ1) is 20.9. The van der Waals surface area contributed by atoms with Gasteiger partial charge in [-0.3, -0.25) is 9.59 Å². The average Bonchev–Trinajstić information content (AvgIpc) is 2.73. The summed E-state index contributed by atoms with van der Waals surface area (Å²) in [5.74, 6) is 1.09. The molecule has 5 heteroatoms. The predicted octanol–water partition coefficient (Wildman–Crippen LogP) is 4.09. The van der Waals surface area contributed by atoms with Gasteiger partial charge in [0.05, 0.1) is 6.61 Å². The second-order valence-electron chi connectivity index (χ2n) is 7.89. The maximum absolute atomic E-state index is 13.2. The van der Waals surface area contributed by atoms with Gasteiger partial charge in [-0.2, -0.15) is 0 Å². The molecule has 0 spiro atoms. The molecule has 1 heterocycles. The third kappa shape index (κ3) is 5.59. The molecule has 1 unspecified atom stereocenters. The maximum Gasteiger partial charge on any atom is 0.247 e. The highest BCUT2D eigenvalue weighted by atomic mass is 16.5. The van der Waals surface area contributed by atoms with Crippen LogP contribution in [0, 0.1) is 5.92 Å². The fraction of sp³-hybridized carbons (Fsp3) is 0.417. The van der Waals surface area contributed by atoms with Gasteiger partial charge in [-0.1, -0.05) is 62.4 Å². The highest BCUT2D eigenvalue weighted by molar-refractivity contribution is 5.89. The van der Waals surface area contributed by atoms with Crippen LogP contribution in [0.25, 0.3) is 0 Å². The first-order chi connectivity index (χ1) is 14.1. The van der Waals surface area contributed by atoms with Crippen molar-refractivity contribution in [3.8, 4) is 5.75 Å². The molecule has 0 saturated carbocycles. The number of para-hydroxylation sites is 1. The van der Waals surface area contributed by atoms with E-state index in [-0.39, 0.29) is 11.8 Å². The van der Waals surface area contributed by atoms with Crippen LogP contribution in [-0.2, 0) is 16.1 Å². The minimum absolute atomic E-state index is 0.0425. The van der Waals surface area contributed by atoms with E-state index < -0.39 is 6.04 Å². The van der Waals surface area contributed by atoms with Gasteiger partial charge in [-0.25, -0.2) is 0 Å². The largest absolute Gasteiger partial charge is 0.493 e. The first-order valence-electron chi connectivity index (χ1n) is 10.4. The number of nitrogens with one attached hydrogen (secondary N) is 1. The molecular formula is C24H30N2O3. The van der Waals surface area contributed by atoms with Crippen LogP contribution in [0.4, 0.5) is 0 Å². The van der Waals surface area contributed by atoms with Crippen LogP contribution < -0.4 is 10.1 Å². The standard InChI is InChI=1S/C24H30N2O3/c1-18(2)17-29-21-13-7-6-12-20(21)16-25-24(28)23(19-10-4-3-5-11-19)26-15-9-8-14-22(26)27/h3-7,10-13,18,23H,8-9,14-17H2,1-2H3,(H,25,28). The Morgan fingerprint density at radius 2 is 1.79 bits per heavy atom. The summed E-state index contributed by atoms with van der Waals surface area (Å²) >= 11 is 0. The summed E-state index contributed by atoms with van der Waals surface area (Å²) in [7, 11) is 0. The van der Waals surface area contributed by atoms with Gasteiger partial charge in [-0.05, 0) is 30.4 Å². The second kappa shape index (κ2) is 10.1. The van der Waals surface area contributed by atoms with E-state index >= 15 is 0 Å². The lowest BCUT2D eigenvalue weighted by Crippen LogP contribution is -2.45. The van der Waals surface area contributed by atoms with Crippen molar-refractivity contribution < 1.29 is 14.3 Å². The Balaban J connectivity index is 1.75. The third-order valence-electron chi connectivity index (χ3n) is 5.03.